The molecule has 0 saturated carbocycles. The van der Waals surface area contributed by atoms with Crippen molar-refractivity contribution in [1.29, 1.82) is 0 Å². The second-order valence-electron chi connectivity index (χ2n) is 8.41. The molecule has 0 unspecified atom stereocenters. The van der Waals surface area contributed by atoms with Crippen LogP contribution >= 0.6 is 11.8 Å². The summed E-state index contributed by atoms with van der Waals surface area (Å²) in [6.45, 7) is 2.61. The third kappa shape index (κ3) is 5.44. The second kappa shape index (κ2) is 10.8. The normalized spacial score (nSPS) is 14.5. The van der Waals surface area contributed by atoms with E-state index in [2.05, 4.69) is 4.98 Å². The smallest absolute Gasteiger partial charge is 0.338 e. The first-order valence-corrected chi connectivity index (χ1v) is 12.6. The number of imide groups is 1. The molecule has 4 aromatic rings. The van der Waals surface area contributed by atoms with Gasteiger partial charge in [0.2, 0.25) is 0 Å². The molecule has 1 saturated heterocycles. The van der Waals surface area contributed by atoms with E-state index < -0.39 is 5.97 Å². The van der Waals surface area contributed by atoms with E-state index in [1.54, 1.807) is 37.3 Å². The Morgan fingerprint density at radius 3 is 2.54 bits per heavy atom. The van der Waals surface area contributed by atoms with E-state index in [0.717, 1.165) is 39.4 Å². The van der Waals surface area contributed by atoms with E-state index >= 15 is 0 Å². The lowest BCUT2D eigenvalue weighted by molar-refractivity contribution is -0.123. The van der Waals surface area contributed by atoms with Crippen LogP contribution in [-0.2, 0) is 22.7 Å². The number of carbonyl (C=O) groups excluding carboxylic acids is 3. The summed E-state index contributed by atoms with van der Waals surface area (Å²) in [5, 5.41) is 0.560. The van der Waals surface area contributed by atoms with Gasteiger partial charge < -0.3 is 14.5 Å². The largest absolute Gasteiger partial charge is 0.489 e. The third-order valence-corrected chi connectivity index (χ3v) is 6.81. The van der Waals surface area contributed by atoms with E-state index in [1.807, 2.05) is 54.7 Å². The van der Waals surface area contributed by atoms with Crippen molar-refractivity contribution < 1.29 is 23.9 Å². The van der Waals surface area contributed by atoms with Crippen molar-refractivity contribution in [3.05, 3.63) is 106 Å². The number of fused-ring (bicyclic) bond motifs is 1. The number of aromatic amines is 1. The number of H-pyrrole nitrogens is 1. The minimum atomic E-state index is -0.407. The number of nitrogens with zero attached hydrogens (tertiary/aromatic N) is 1. The number of thioether (sulfide) groups is 1. The maximum atomic E-state index is 13.1. The Labute approximate surface area is 218 Å². The fraction of sp³-hybridized carbons (Fsp3) is 0.138. The minimum Gasteiger partial charge on any atom is -0.489 e. The first kappa shape index (κ1) is 24.4. The lowest BCUT2D eigenvalue weighted by Crippen LogP contribution is -2.27. The Balaban J connectivity index is 1.31. The number of rotatable bonds is 8. The van der Waals surface area contributed by atoms with Gasteiger partial charge in [-0.2, -0.15) is 0 Å². The number of benzene rings is 3. The van der Waals surface area contributed by atoms with Gasteiger partial charge in [-0.1, -0.05) is 42.5 Å². The number of esters is 1. The highest BCUT2D eigenvalue weighted by atomic mass is 32.2. The molecule has 8 heteroatoms. The van der Waals surface area contributed by atoms with Gasteiger partial charge in [0, 0.05) is 22.7 Å². The van der Waals surface area contributed by atoms with Crippen molar-refractivity contribution in [1.82, 2.24) is 9.88 Å². The van der Waals surface area contributed by atoms with E-state index in [1.165, 1.54) is 4.90 Å². The molecule has 186 valence electrons. The SMILES string of the molecule is CCOC(=O)c1ccc(CN2C(=O)SC(=Cc3c[nH]c4ccc(OCc5ccccc5)cc34)C2=O)cc1. The molecule has 2 amide bonds. The van der Waals surface area contributed by atoms with Crippen LogP contribution in [0.25, 0.3) is 17.0 Å². The van der Waals surface area contributed by atoms with Crippen molar-refractivity contribution in [2.24, 2.45) is 0 Å². The fourth-order valence-electron chi connectivity index (χ4n) is 3.99. The summed E-state index contributed by atoms with van der Waals surface area (Å²) in [4.78, 5) is 42.3. The molecule has 1 aromatic heterocycles. The van der Waals surface area contributed by atoms with Crippen molar-refractivity contribution in [2.75, 3.05) is 6.61 Å². The molecule has 3 aromatic carbocycles. The minimum absolute atomic E-state index is 0.121. The number of aromatic nitrogens is 1. The van der Waals surface area contributed by atoms with Crippen LogP contribution in [0.3, 0.4) is 0 Å². The average molecular weight is 513 g/mol. The van der Waals surface area contributed by atoms with Crippen molar-refractivity contribution in [3.8, 4) is 5.75 Å². The van der Waals surface area contributed by atoms with Gasteiger partial charge in [0.25, 0.3) is 11.1 Å². The van der Waals surface area contributed by atoms with E-state index in [0.29, 0.717) is 29.4 Å². The number of amides is 2. The Kier molecular flexibility index (Phi) is 7.09. The standard InChI is InChI=1S/C29H24N2O5S/c1-2-35-28(33)21-10-8-19(9-11-21)17-31-27(32)26(37-29(31)34)14-22-16-30-25-13-12-23(15-24(22)25)36-18-20-6-4-3-5-7-20/h3-16,30H,2,17-18H2,1H3. The monoisotopic (exact) mass is 512 g/mol. The third-order valence-electron chi connectivity index (χ3n) is 5.90. The number of nitrogens with one attached hydrogen (secondary N) is 1. The van der Waals surface area contributed by atoms with Crippen LogP contribution in [-0.4, -0.2) is 33.6 Å². The zero-order chi connectivity index (χ0) is 25.8. The topological polar surface area (TPSA) is 88.7 Å². The van der Waals surface area contributed by atoms with E-state index in [-0.39, 0.29) is 17.7 Å². The molecule has 2 heterocycles. The van der Waals surface area contributed by atoms with Crippen LogP contribution in [0, 0.1) is 0 Å². The predicted molar refractivity (Wildman–Crippen MR) is 143 cm³/mol. The Morgan fingerprint density at radius 2 is 1.78 bits per heavy atom. The molecule has 5 rings (SSSR count). The van der Waals surface area contributed by atoms with E-state index in [9.17, 15) is 14.4 Å². The molecular weight excluding hydrogens is 488 g/mol. The maximum Gasteiger partial charge on any atom is 0.338 e. The number of ether oxygens (including phenoxy) is 2. The molecule has 1 aliphatic heterocycles. The summed E-state index contributed by atoms with van der Waals surface area (Å²) in [6.07, 6.45) is 3.54. The average Bonchev–Trinajstić information content (AvgIpc) is 3.44. The van der Waals surface area contributed by atoms with Gasteiger partial charge in [0.05, 0.1) is 23.6 Å². The first-order valence-electron chi connectivity index (χ1n) is 11.8. The van der Waals surface area contributed by atoms with Gasteiger partial charge in [-0.3, -0.25) is 14.5 Å². The maximum absolute atomic E-state index is 13.1. The molecule has 7 nitrogen and oxygen atoms in total. The van der Waals surface area contributed by atoms with Gasteiger partial charge in [0.15, 0.2) is 0 Å². The van der Waals surface area contributed by atoms with Crippen LogP contribution in [0.4, 0.5) is 4.79 Å². The first-order chi connectivity index (χ1) is 18.0. The zero-order valence-corrected chi connectivity index (χ0v) is 20.9. The summed E-state index contributed by atoms with van der Waals surface area (Å²) in [5.41, 5.74) is 3.93. The molecule has 0 atom stereocenters. The number of hydrogen-bond donors (Lipinski definition) is 1. The Morgan fingerprint density at radius 1 is 1.00 bits per heavy atom. The summed E-state index contributed by atoms with van der Waals surface area (Å²) < 4.78 is 10.9. The lowest BCUT2D eigenvalue weighted by Gasteiger charge is -2.12. The van der Waals surface area contributed by atoms with Crippen LogP contribution in [0.5, 0.6) is 5.75 Å². The van der Waals surface area contributed by atoms with E-state index in [4.69, 9.17) is 9.47 Å². The molecular formula is C29H24N2O5S. The van der Waals surface area contributed by atoms with Crippen molar-refractivity contribution >= 4 is 45.9 Å². The highest BCUT2D eigenvalue weighted by Gasteiger charge is 2.35. The molecule has 1 aliphatic rings. The number of hydrogen-bond acceptors (Lipinski definition) is 6. The van der Waals surface area contributed by atoms with Crippen LogP contribution in [0.2, 0.25) is 0 Å². The van der Waals surface area contributed by atoms with Crippen molar-refractivity contribution in [3.63, 3.8) is 0 Å². The summed E-state index contributed by atoms with van der Waals surface area (Å²) in [5.74, 6) is -0.0456. The quantitative estimate of drug-likeness (QED) is 0.225. The second-order valence-corrected chi connectivity index (χ2v) is 9.40. The summed E-state index contributed by atoms with van der Waals surface area (Å²) >= 11 is 0.913. The highest BCUT2D eigenvalue weighted by molar-refractivity contribution is 8.18. The van der Waals surface area contributed by atoms with Gasteiger partial charge in [-0.05, 0) is 66.2 Å². The van der Waals surface area contributed by atoms with Crippen LogP contribution < -0.4 is 4.74 Å². The molecule has 37 heavy (non-hydrogen) atoms. The Hall–Kier alpha value is -4.30. The van der Waals surface area contributed by atoms with Crippen molar-refractivity contribution in [2.45, 2.75) is 20.1 Å². The zero-order valence-electron chi connectivity index (χ0n) is 20.1. The molecule has 0 aliphatic carbocycles. The molecule has 1 fully saturated rings. The molecule has 1 N–H and O–H groups in total. The molecule has 0 bridgehead atoms. The fourth-order valence-corrected chi connectivity index (χ4v) is 4.82. The van der Waals surface area contributed by atoms with Gasteiger partial charge in [-0.15, -0.1) is 0 Å². The van der Waals surface area contributed by atoms with Crippen LogP contribution in [0.15, 0.2) is 83.9 Å². The molecule has 0 radical (unpaired) electrons. The predicted octanol–water partition coefficient (Wildman–Crippen LogP) is 6.16. The summed E-state index contributed by atoms with van der Waals surface area (Å²) in [6, 6.07) is 22.4. The lowest BCUT2D eigenvalue weighted by atomic mass is 10.1. The highest BCUT2D eigenvalue weighted by Crippen LogP contribution is 2.35. The van der Waals surface area contributed by atoms with Gasteiger partial charge >= 0.3 is 5.97 Å². The van der Waals surface area contributed by atoms with Crippen LogP contribution in [0.1, 0.15) is 34.0 Å². The summed E-state index contributed by atoms with van der Waals surface area (Å²) in [7, 11) is 0. The van der Waals surface area contributed by atoms with Gasteiger partial charge in [0.1, 0.15) is 12.4 Å². The Bertz CT molecular complexity index is 1490. The molecule has 0 spiro atoms. The number of carbonyl (C=O) groups is 3. The van der Waals surface area contributed by atoms with Gasteiger partial charge in [-0.25, -0.2) is 4.79 Å².